The Bertz CT molecular complexity index is 1070. The van der Waals surface area contributed by atoms with Gasteiger partial charge in [0.15, 0.2) is 0 Å². The molecule has 1 atom stereocenters. The van der Waals surface area contributed by atoms with Crippen molar-refractivity contribution in [1.82, 2.24) is 24.8 Å². The number of methoxy groups -OCH3 is 1. The Kier molecular flexibility index (Phi) is 4.60. The Morgan fingerprint density at radius 2 is 2.15 bits per heavy atom. The van der Waals surface area contributed by atoms with E-state index in [0.29, 0.717) is 18.3 Å². The van der Waals surface area contributed by atoms with Crippen molar-refractivity contribution in [2.24, 2.45) is 0 Å². The highest BCUT2D eigenvalue weighted by molar-refractivity contribution is 5.56. The molecule has 4 rings (SSSR count). The first-order valence-corrected chi connectivity index (χ1v) is 8.78. The van der Waals surface area contributed by atoms with Gasteiger partial charge in [-0.1, -0.05) is 17.3 Å². The second kappa shape index (κ2) is 7.20. The number of aromatic nitrogens is 4. The standard InChI is InChI=1S/C20H21N5O2/c1-13-7-8-25-16(12-22-18(25)9-13)11-21-14(2)20-23-19(24-27-20)15-5-4-6-17(10-15)26-3/h4-10,12,14,21H,11H2,1-3H3. The van der Waals surface area contributed by atoms with Crippen LogP contribution in [0.15, 0.2) is 53.3 Å². The van der Waals surface area contributed by atoms with Crippen molar-refractivity contribution in [3.8, 4) is 17.1 Å². The SMILES string of the molecule is COc1cccc(-c2noc(C(C)NCc3cnc4cc(C)ccn34)n2)c1. The van der Waals surface area contributed by atoms with Crippen molar-refractivity contribution in [3.05, 3.63) is 65.9 Å². The van der Waals surface area contributed by atoms with Gasteiger partial charge in [0.2, 0.25) is 11.7 Å². The van der Waals surface area contributed by atoms with E-state index in [-0.39, 0.29) is 6.04 Å². The minimum absolute atomic E-state index is 0.0899. The lowest BCUT2D eigenvalue weighted by atomic mass is 10.2. The molecule has 0 aliphatic heterocycles. The third-order valence-electron chi connectivity index (χ3n) is 4.47. The fourth-order valence-corrected chi connectivity index (χ4v) is 2.90. The summed E-state index contributed by atoms with van der Waals surface area (Å²) in [5, 5.41) is 7.50. The molecule has 0 fully saturated rings. The molecule has 7 nitrogen and oxygen atoms in total. The van der Waals surface area contributed by atoms with Gasteiger partial charge in [0.25, 0.3) is 0 Å². The topological polar surface area (TPSA) is 77.5 Å². The molecule has 0 amide bonds. The van der Waals surface area contributed by atoms with E-state index in [4.69, 9.17) is 9.26 Å². The van der Waals surface area contributed by atoms with Crippen LogP contribution in [-0.4, -0.2) is 26.6 Å². The second-order valence-corrected chi connectivity index (χ2v) is 6.47. The first-order valence-electron chi connectivity index (χ1n) is 8.78. The molecular formula is C20H21N5O2. The van der Waals surface area contributed by atoms with Gasteiger partial charge in [0, 0.05) is 18.3 Å². The highest BCUT2D eigenvalue weighted by Crippen LogP contribution is 2.23. The molecule has 4 aromatic rings. The van der Waals surface area contributed by atoms with Gasteiger partial charge < -0.3 is 19.0 Å². The maximum Gasteiger partial charge on any atom is 0.243 e. The monoisotopic (exact) mass is 363 g/mol. The van der Waals surface area contributed by atoms with Crippen LogP contribution in [0.4, 0.5) is 0 Å². The van der Waals surface area contributed by atoms with Crippen LogP contribution in [0.1, 0.15) is 30.1 Å². The Morgan fingerprint density at radius 3 is 3.00 bits per heavy atom. The lowest BCUT2D eigenvalue weighted by Crippen LogP contribution is -2.19. The van der Waals surface area contributed by atoms with Gasteiger partial charge in [-0.05, 0) is 43.7 Å². The van der Waals surface area contributed by atoms with Gasteiger partial charge in [-0.15, -0.1) is 0 Å². The average molecular weight is 363 g/mol. The molecule has 1 aromatic carbocycles. The molecule has 0 spiro atoms. The van der Waals surface area contributed by atoms with E-state index >= 15 is 0 Å². The van der Waals surface area contributed by atoms with Gasteiger partial charge in [-0.3, -0.25) is 0 Å². The molecule has 0 radical (unpaired) electrons. The highest BCUT2D eigenvalue weighted by Gasteiger charge is 2.16. The number of nitrogens with one attached hydrogen (secondary N) is 1. The molecule has 3 heterocycles. The normalized spacial score (nSPS) is 12.4. The molecule has 27 heavy (non-hydrogen) atoms. The summed E-state index contributed by atoms with van der Waals surface area (Å²) in [4.78, 5) is 8.96. The maximum absolute atomic E-state index is 5.44. The van der Waals surface area contributed by atoms with E-state index in [9.17, 15) is 0 Å². The smallest absolute Gasteiger partial charge is 0.243 e. The van der Waals surface area contributed by atoms with E-state index in [2.05, 4.69) is 43.9 Å². The quantitative estimate of drug-likeness (QED) is 0.564. The van der Waals surface area contributed by atoms with E-state index in [1.165, 1.54) is 5.56 Å². The van der Waals surface area contributed by atoms with Crippen LogP contribution in [0.3, 0.4) is 0 Å². The highest BCUT2D eigenvalue weighted by atomic mass is 16.5. The maximum atomic E-state index is 5.44. The van der Waals surface area contributed by atoms with Gasteiger partial charge in [-0.25, -0.2) is 4.98 Å². The van der Waals surface area contributed by atoms with E-state index in [0.717, 1.165) is 22.7 Å². The van der Waals surface area contributed by atoms with Gasteiger partial charge in [-0.2, -0.15) is 4.98 Å². The van der Waals surface area contributed by atoms with Crippen LogP contribution in [0.25, 0.3) is 17.0 Å². The number of pyridine rings is 1. The van der Waals surface area contributed by atoms with Crippen LogP contribution in [-0.2, 0) is 6.54 Å². The van der Waals surface area contributed by atoms with Crippen molar-refractivity contribution in [2.75, 3.05) is 7.11 Å². The van der Waals surface area contributed by atoms with Gasteiger partial charge in [0.05, 0.1) is 25.0 Å². The zero-order chi connectivity index (χ0) is 18.8. The first kappa shape index (κ1) is 17.2. The minimum atomic E-state index is -0.0899. The third kappa shape index (κ3) is 3.54. The number of aryl methyl sites for hydroxylation is 1. The molecule has 1 unspecified atom stereocenters. The fraction of sp³-hybridized carbons (Fsp3) is 0.250. The number of rotatable bonds is 6. The van der Waals surface area contributed by atoms with E-state index < -0.39 is 0 Å². The number of nitrogens with zero attached hydrogens (tertiary/aromatic N) is 4. The molecule has 0 bridgehead atoms. The molecule has 3 aromatic heterocycles. The third-order valence-corrected chi connectivity index (χ3v) is 4.47. The first-order chi connectivity index (χ1) is 13.1. The molecular weight excluding hydrogens is 342 g/mol. The zero-order valence-electron chi connectivity index (χ0n) is 15.5. The fourth-order valence-electron chi connectivity index (χ4n) is 2.90. The zero-order valence-corrected chi connectivity index (χ0v) is 15.5. The van der Waals surface area contributed by atoms with Crippen molar-refractivity contribution >= 4 is 5.65 Å². The van der Waals surface area contributed by atoms with Crippen molar-refractivity contribution in [3.63, 3.8) is 0 Å². The number of hydrogen-bond donors (Lipinski definition) is 1. The molecule has 0 saturated carbocycles. The molecule has 138 valence electrons. The number of fused-ring (bicyclic) bond motifs is 1. The van der Waals surface area contributed by atoms with Crippen molar-refractivity contribution in [1.29, 1.82) is 0 Å². The van der Waals surface area contributed by atoms with Crippen LogP contribution >= 0.6 is 0 Å². The van der Waals surface area contributed by atoms with E-state index in [1.807, 2.05) is 43.6 Å². The molecule has 0 aliphatic carbocycles. The molecule has 7 heteroatoms. The Balaban J connectivity index is 1.47. The molecule has 0 saturated heterocycles. The van der Waals surface area contributed by atoms with Crippen LogP contribution in [0, 0.1) is 6.92 Å². The predicted octanol–water partition coefficient (Wildman–Crippen LogP) is 3.55. The summed E-state index contributed by atoms with van der Waals surface area (Å²) in [7, 11) is 1.63. The number of benzene rings is 1. The Morgan fingerprint density at radius 1 is 1.26 bits per heavy atom. The largest absolute Gasteiger partial charge is 0.497 e. The summed E-state index contributed by atoms with van der Waals surface area (Å²) < 4.78 is 12.8. The summed E-state index contributed by atoms with van der Waals surface area (Å²) in [6.45, 7) is 4.70. The van der Waals surface area contributed by atoms with Gasteiger partial charge in [0.1, 0.15) is 11.4 Å². The minimum Gasteiger partial charge on any atom is -0.497 e. The number of ether oxygens (including phenoxy) is 1. The summed E-state index contributed by atoms with van der Waals surface area (Å²) in [6, 6.07) is 11.6. The van der Waals surface area contributed by atoms with Crippen molar-refractivity contribution < 1.29 is 9.26 Å². The molecule has 1 N–H and O–H groups in total. The Hall–Kier alpha value is -3.19. The van der Waals surface area contributed by atoms with Crippen LogP contribution in [0.2, 0.25) is 0 Å². The lowest BCUT2D eigenvalue weighted by Gasteiger charge is -2.09. The second-order valence-electron chi connectivity index (χ2n) is 6.47. The summed E-state index contributed by atoms with van der Waals surface area (Å²) in [6.07, 6.45) is 3.91. The summed E-state index contributed by atoms with van der Waals surface area (Å²) in [5.74, 6) is 1.84. The van der Waals surface area contributed by atoms with Crippen molar-refractivity contribution in [2.45, 2.75) is 26.4 Å². The summed E-state index contributed by atoms with van der Waals surface area (Å²) in [5.41, 5.74) is 4.06. The Labute approximate surface area is 157 Å². The van der Waals surface area contributed by atoms with Gasteiger partial charge >= 0.3 is 0 Å². The summed E-state index contributed by atoms with van der Waals surface area (Å²) >= 11 is 0. The molecule has 0 aliphatic rings. The average Bonchev–Trinajstić information content (AvgIpc) is 3.33. The van der Waals surface area contributed by atoms with Crippen LogP contribution in [0.5, 0.6) is 5.75 Å². The predicted molar refractivity (Wildman–Crippen MR) is 101 cm³/mol. The van der Waals surface area contributed by atoms with E-state index in [1.54, 1.807) is 7.11 Å². The lowest BCUT2D eigenvalue weighted by molar-refractivity contribution is 0.338. The number of imidazole rings is 1. The number of hydrogen-bond acceptors (Lipinski definition) is 6. The van der Waals surface area contributed by atoms with Crippen LogP contribution < -0.4 is 10.1 Å².